The molecule has 0 N–H and O–H groups in total. The Hall–Kier alpha value is -1.95. The van der Waals surface area contributed by atoms with Crippen LogP contribution >= 0.6 is 15.9 Å². The van der Waals surface area contributed by atoms with Crippen LogP contribution in [0, 0.1) is 0 Å². The maximum Gasteiger partial charge on any atom is 0.414 e. The van der Waals surface area contributed by atoms with Gasteiger partial charge in [0.25, 0.3) is 0 Å². The van der Waals surface area contributed by atoms with Crippen LogP contribution in [-0.2, 0) is 4.74 Å². The largest absolute Gasteiger partial charge is 0.443 e. The Labute approximate surface area is 138 Å². The fourth-order valence-corrected chi connectivity index (χ4v) is 2.00. The molecule has 0 aliphatic rings. The zero-order valence-electron chi connectivity index (χ0n) is 13.0. The van der Waals surface area contributed by atoms with E-state index in [9.17, 15) is 4.79 Å². The molecule has 0 unspecified atom stereocenters. The molecule has 1 heterocycles. The van der Waals surface area contributed by atoms with Crippen molar-refractivity contribution in [2.45, 2.75) is 26.4 Å². The van der Waals surface area contributed by atoms with Crippen LogP contribution in [0.3, 0.4) is 0 Å². The lowest BCUT2D eigenvalue weighted by Crippen LogP contribution is -2.34. The van der Waals surface area contributed by atoms with Crippen LogP contribution in [0.4, 0.5) is 10.5 Å². The van der Waals surface area contributed by atoms with E-state index in [1.807, 2.05) is 45.0 Å². The number of benzene rings is 1. The van der Waals surface area contributed by atoms with E-state index >= 15 is 0 Å². The van der Waals surface area contributed by atoms with Crippen molar-refractivity contribution < 1.29 is 9.53 Å². The molecule has 0 aliphatic carbocycles. The van der Waals surface area contributed by atoms with E-state index in [1.165, 1.54) is 4.90 Å². The van der Waals surface area contributed by atoms with Crippen LogP contribution in [0.2, 0.25) is 0 Å². The van der Waals surface area contributed by atoms with E-state index in [0.717, 1.165) is 16.8 Å². The summed E-state index contributed by atoms with van der Waals surface area (Å²) in [6.07, 6.45) is 3.06. The Morgan fingerprint density at radius 1 is 1.18 bits per heavy atom. The summed E-state index contributed by atoms with van der Waals surface area (Å²) in [6.45, 7) is 5.52. The number of ether oxygens (including phenoxy) is 1. The molecule has 0 aliphatic heterocycles. The first kappa shape index (κ1) is 16.4. The highest BCUT2D eigenvalue weighted by Gasteiger charge is 2.20. The van der Waals surface area contributed by atoms with Gasteiger partial charge < -0.3 is 4.74 Å². The third-order valence-electron chi connectivity index (χ3n) is 2.85. The molecule has 1 amide bonds. The molecule has 22 heavy (non-hydrogen) atoms. The van der Waals surface area contributed by atoms with Gasteiger partial charge in [-0.15, -0.1) is 0 Å². The predicted molar refractivity (Wildman–Crippen MR) is 89.8 cm³/mol. The molecule has 2 aromatic rings. The van der Waals surface area contributed by atoms with E-state index in [0.29, 0.717) is 4.73 Å². The van der Waals surface area contributed by atoms with Gasteiger partial charge in [0.2, 0.25) is 0 Å². The fraction of sp³-hybridized carbons (Fsp3) is 0.312. The fourth-order valence-electron chi connectivity index (χ4n) is 1.79. The van der Waals surface area contributed by atoms with Gasteiger partial charge >= 0.3 is 6.09 Å². The molecular formula is C16H18BrN3O2. The highest BCUT2D eigenvalue weighted by Crippen LogP contribution is 2.24. The van der Waals surface area contributed by atoms with Gasteiger partial charge in [0.15, 0.2) is 4.73 Å². The van der Waals surface area contributed by atoms with Gasteiger partial charge in [-0.3, -0.25) is 4.90 Å². The van der Waals surface area contributed by atoms with Crippen LogP contribution < -0.4 is 4.90 Å². The van der Waals surface area contributed by atoms with Gasteiger partial charge in [0.05, 0.1) is 0 Å². The lowest BCUT2D eigenvalue weighted by atomic mass is 10.1. The SMILES string of the molecule is CN(C(=O)OC(C)(C)C)c1cccc(-c2cnc(Br)nc2)c1. The van der Waals surface area contributed by atoms with Crippen molar-refractivity contribution in [3.8, 4) is 11.1 Å². The van der Waals surface area contributed by atoms with E-state index in [1.54, 1.807) is 19.4 Å². The van der Waals surface area contributed by atoms with Gasteiger partial charge in [-0.25, -0.2) is 14.8 Å². The van der Waals surface area contributed by atoms with Crippen LogP contribution in [0.1, 0.15) is 20.8 Å². The average molecular weight is 364 g/mol. The van der Waals surface area contributed by atoms with Crippen LogP contribution in [0.5, 0.6) is 0 Å². The normalized spacial score (nSPS) is 11.1. The number of anilines is 1. The summed E-state index contributed by atoms with van der Waals surface area (Å²) in [7, 11) is 1.69. The smallest absolute Gasteiger partial charge is 0.414 e. The number of aromatic nitrogens is 2. The molecule has 0 saturated carbocycles. The van der Waals surface area contributed by atoms with Gasteiger partial charge in [-0.1, -0.05) is 12.1 Å². The van der Waals surface area contributed by atoms with E-state index in [4.69, 9.17) is 4.74 Å². The quantitative estimate of drug-likeness (QED) is 0.747. The number of nitrogens with zero attached hydrogens (tertiary/aromatic N) is 3. The van der Waals surface area contributed by atoms with Crippen molar-refractivity contribution in [1.29, 1.82) is 0 Å². The summed E-state index contributed by atoms with van der Waals surface area (Å²) in [5, 5.41) is 0. The summed E-state index contributed by atoms with van der Waals surface area (Å²) >= 11 is 3.21. The first-order chi connectivity index (χ1) is 10.3. The average Bonchev–Trinajstić information content (AvgIpc) is 2.45. The van der Waals surface area contributed by atoms with Gasteiger partial charge in [0, 0.05) is 30.7 Å². The minimum absolute atomic E-state index is 0.392. The highest BCUT2D eigenvalue weighted by atomic mass is 79.9. The lowest BCUT2D eigenvalue weighted by Gasteiger charge is -2.25. The van der Waals surface area contributed by atoms with Crippen LogP contribution in [0.25, 0.3) is 11.1 Å². The topological polar surface area (TPSA) is 55.3 Å². The maximum atomic E-state index is 12.1. The second kappa shape index (κ2) is 6.44. The molecule has 0 radical (unpaired) electrons. The number of amides is 1. The van der Waals surface area contributed by atoms with Crippen molar-refractivity contribution in [3.63, 3.8) is 0 Å². The molecule has 2 rings (SSSR count). The van der Waals surface area contributed by atoms with Crippen molar-refractivity contribution in [2.75, 3.05) is 11.9 Å². The second-order valence-electron chi connectivity index (χ2n) is 5.83. The molecule has 0 spiro atoms. The molecule has 0 bridgehead atoms. The second-order valence-corrected chi connectivity index (χ2v) is 6.54. The first-order valence-corrected chi connectivity index (χ1v) is 7.60. The molecule has 116 valence electrons. The van der Waals surface area contributed by atoms with Crippen molar-refractivity contribution in [2.24, 2.45) is 0 Å². The Morgan fingerprint density at radius 2 is 1.82 bits per heavy atom. The van der Waals surface area contributed by atoms with E-state index in [2.05, 4.69) is 25.9 Å². The highest BCUT2D eigenvalue weighted by molar-refractivity contribution is 9.10. The zero-order chi connectivity index (χ0) is 16.3. The lowest BCUT2D eigenvalue weighted by molar-refractivity contribution is 0.0589. The molecule has 1 aromatic carbocycles. The first-order valence-electron chi connectivity index (χ1n) is 6.81. The van der Waals surface area contributed by atoms with E-state index in [-0.39, 0.29) is 0 Å². The molecule has 0 fully saturated rings. The number of rotatable bonds is 2. The van der Waals surface area contributed by atoms with Crippen LogP contribution in [0.15, 0.2) is 41.4 Å². The number of carbonyl (C=O) groups excluding carboxylic acids is 1. The molecule has 0 saturated heterocycles. The Morgan fingerprint density at radius 3 is 2.41 bits per heavy atom. The van der Waals surface area contributed by atoms with Crippen molar-refractivity contribution in [3.05, 3.63) is 41.4 Å². The molecular weight excluding hydrogens is 346 g/mol. The van der Waals surface area contributed by atoms with Crippen molar-refractivity contribution >= 4 is 27.7 Å². The third-order valence-corrected chi connectivity index (χ3v) is 3.26. The predicted octanol–water partition coefficient (Wildman–Crippen LogP) is 4.28. The standard InChI is InChI=1S/C16H18BrN3O2/c1-16(2,3)22-15(21)20(4)13-7-5-6-11(8-13)12-9-18-14(17)19-10-12/h5-10H,1-4H3. The Kier molecular flexibility index (Phi) is 4.81. The minimum Gasteiger partial charge on any atom is -0.443 e. The summed E-state index contributed by atoms with van der Waals surface area (Å²) < 4.78 is 5.91. The number of hydrogen-bond donors (Lipinski definition) is 0. The maximum absolute atomic E-state index is 12.1. The summed E-state index contributed by atoms with van der Waals surface area (Å²) in [4.78, 5) is 21.8. The van der Waals surface area contributed by atoms with Gasteiger partial charge in [-0.05, 0) is 54.4 Å². The third kappa shape index (κ3) is 4.27. The number of hydrogen-bond acceptors (Lipinski definition) is 4. The molecule has 5 nitrogen and oxygen atoms in total. The molecule has 1 aromatic heterocycles. The van der Waals surface area contributed by atoms with E-state index < -0.39 is 11.7 Å². The minimum atomic E-state index is -0.525. The van der Waals surface area contributed by atoms with Crippen molar-refractivity contribution in [1.82, 2.24) is 9.97 Å². The zero-order valence-corrected chi connectivity index (χ0v) is 14.6. The van der Waals surface area contributed by atoms with Crippen LogP contribution in [-0.4, -0.2) is 28.7 Å². The van der Waals surface area contributed by atoms with Gasteiger partial charge in [0.1, 0.15) is 5.60 Å². The molecule has 0 atom stereocenters. The summed E-state index contributed by atoms with van der Waals surface area (Å²) in [5.74, 6) is 0. The summed E-state index contributed by atoms with van der Waals surface area (Å²) in [5.41, 5.74) is 2.03. The summed E-state index contributed by atoms with van der Waals surface area (Å²) in [6, 6.07) is 7.58. The Bertz CT molecular complexity index is 666. The molecule has 6 heteroatoms. The number of carbonyl (C=O) groups is 1. The number of halogens is 1. The Balaban J connectivity index is 2.24. The van der Waals surface area contributed by atoms with Gasteiger partial charge in [-0.2, -0.15) is 0 Å². The monoisotopic (exact) mass is 363 g/mol.